The molecular weight excluding hydrogens is 456 g/mol. The molecule has 3 aromatic rings. The third-order valence-electron chi connectivity index (χ3n) is 6.10. The quantitative estimate of drug-likeness (QED) is 0.461. The van der Waals surface area contributed by atoms with Gasteiger partial charge in [-0.15, -0.1) is 0 Å². The number of nitrogens with zero attached hydrogens (tertiary/aromatic N) is 4. The Morgan fingerprint density at radius 2 is 1.92 bits per heavy atom. The molecule has 3 heterocycles. The number of nitrogens with one attached hydrogen (secondary N) is 1. The van der Waals surface area contributed by atoms with Crippen LogP contribution in [-0.2, 0) is 4.74 Å². The summed E-state index contributed by atoms with van der Waals surface area (Å²) in [6, 6.07) is 9.29. The van der Waals surface area contributed by atoms with E-state index in [-0.39, 0.29) is 12.1 Å². The molecule has 1 aliphatic heterocycles. The van der Waals surface area contributed by atoms with E-state index in [0.717, 1.165) is 35.2 Å². The molecule has 190 valence electrons. The summed E-state index contributed by atoms with van der Waals surface area (Å²) in [5.74, 6) is 1.62. The van der Waals surface area contributed by atoms with Crippen LogP contribution in [0.3, 0.4) is 0 Å². The van der Waals surface area contributed by atoms with E-state index in [1.54, 1.807) is 17.3 Å². The Balaban J connectivity index is 1.51. The van der Waals surface area contributed by atoms with Gasteiger partial charge in [-0.05, 0) is 88.9 Å². The fourth-order valence-corrected chi connectivity index (χ4v) is 4.05. The van der Waals surface area contributed by atoms with Gasteiger partial charge in [0.25, 0.3) is 0 Å². The van der Waals surface area contributed by atoms with Crippen LogP contribution in [0, 0.1) is 13.8 Å². The fraction of sp³-hybridized carbons (Fsp3) is 0.407. The smallest absolute Gasteiger partial charge is 0.410 e. The summed E-state index contributed by atoms with van der Waals surface area (Å²) < 4.78 is 11.7. The van der Waals surface area contributed by atoms with Crippen molar-refractivity contribution in [3.63, 3.8) is 0 Å². The Hall–Kier alpha value is -3.88. The number of aromatic nitrogens is 3. The SMILES string of the molecule is Cc1c(N)ccc(Oc2ncccc2-c2ccnc(NC3CCCN(C(=O)OC(C)(C)C)C3)n2)c1C. The number of carbonyl (C=O) groups excluding carboxylic acids is 1. The molecule has 1 fully saturated rings. The van der Waals surface area contributed by atoms with Gasteiger partial charge in [0.1, 0.15) is 11.4 Å². The second-order valence-corrected chi connectivity index (χ2v) is 10.0. The van der Waals surface area contributed by atoms with Crippen molar-refractivity contribution in [1.82, 2.24) is 19.9 Å². The van der Waals surface area contributed by atoms with Gasteiger partial charge in [0.05, 0.1) is 11.3 Å². The molecule has 36 heavy (non-hydrogen) atoms. The maximum absolute atomic E-state index is 12.5. The number of nitrogen functional groups attached to an aromatic ring is 1. The van der Waals surface area contributed by atoms with Gasteiger partial charge in [0.2, 0.25) is 11.8 Å². The normalized spacial score (nSPS) is 15.9. The van der Waals surface area contributed by atoms with Crippen LogP contribution in [-0.4, -0.2) is 50.7 Å². The van der Waals surface area contributed by atoms with Gasteiger partial charge >= 0.3 is 6.09 Å². The van der Waals surface area contributed by atoms with Crippen molar-refractivity contribution in [2.75, 3.05) is 24.1 Å². The summed E-state index contributed by atoms with van der Waals surface area (Å²) in [6.07, 6.45) is 4.87. The number of likely N-dealkylation sites (tertiary alicyclic amines) is 1. The molecule has 1 unspecified atom stereocenters. The highest BCUT2D eigenvalue weighted by Crippen LogP contribution is 2.34. The monoisotopic (exact) mass is 490 g/mol. The minimum atomic E-state index is -0.526. The van der Waals surface area contributed by atoms with Gasteiger partial charge in [0, 0.05) is 37.2 Å². The third-order valence-corrected chi connectivity index (χ3v) is 6.10. The predicted molar refractivity (Wildman–Crippen MR) is 140 cm³/mol. The molecule has 1 atom stereocenters. The summed E-state index contributed by atoms with van der Waals surface area (Å²) in [4.78, 5) is 27.8. The summed E-state index contributed by atoms with van der Waals surface area (Å²) in [6.45, 7) is 10.8. The Kier molecular flexibility index (Phi) is 7.28. The summed E-state index contributed by atoms with van der Waals surface area (Å²) in [7, 11) is 0. The van der Waals surface area contributed by atoms with Gasteiger partial charge in [-0.25, -0.2) is 19.7 Å². The van der Waals surface area contributed by atoms with E-state index < -0.39 is 5.60 Å². The topological polar surface area (TPSA) is 115 Å². The highest BCUT2D eigenvalue weighted by atomic mass is 16.6. The van der Waals surface area contributed by atoms with Crippen molar-refractivity contribution < 1.29 is 14.3 Å². The number of benzene rings is 1. The van der Waals surface area contributed by atoms with E-state index in [1.807, 2.05) is 65.0 Å². The first-order valence-electron chi connectivity index (χ1n) is 12.2. The van der Waals surface area contributed by atoms with Crippen LogP contribution in [0.4, 0.5) is 16.4 Å². The van der Waals surface area contributed by atoms with Crippen molar-refractivity contribution in [2.45, 2.75) is 59.1 Å². The summed E-state index contributed by atoms with van der Waals surface area (Å²) in [5.41, 5.74) is 9.59. The highest BCUT2D eigenvalue weighted by Gasteiger charge is 2.28. The van der Waals surface area contributed by atoms with Gasteiger partial charge in [-0.2, -0.15) is 0 Å². The number of anilines is 2. The average molecular weight is 491 g/mol. The van der Waals surface area contributed by atoms with E-state index >= 15 is 0 Å². The predicted octanol–water partition coefficient (Wildman–Crippen LogP) is 5.34. The molecule has 1 aromatic carbocycles. The molecule has 2 aromatic heterocycles. The second-order valence-electron chi connectivity index (χ2n) is 10.0. The first kappa shape index (κ1) is 25.2. The number of carbonyl (C=O) groups is 1. The van der Waals surface area contributed by atoms with Crippen molar-refractivity contribution in [2.24, 2.45) is 0 Å². The van der Waals surface area contributed by atoms with Crippen LogP contribution in [0.2, 0.25) is 0 Å². The number of ether oxygens (including phenoxy) is 2. The van der Waals surface area contributed by atoms with Crippen molar-refractivity contribution in [3.05, 3.63) is 53.9 Å². The van der Waals surface area contributed by atoms with Crippen LogP contribution in [0.5, 0.6) is 11.6 Å². The zero-order chi connectivity index (χ0) is 25.9. The number of nitrogens with two attached hydrogens (primary N) is 1. The lowest BCUT2D eigenvalue weighted by Crippen LogP contribution is -2.47. The molecule has 9 heteroatoms. The van der Waals surface area contributed by atoms with E-state index in [9.17, 15) is 4.79 Å². The molecule has 9 nitrogen and oxygen atoms in total. The lowest BCUT2D eigenvalue weighted by atomic mass is 10.1. The average Bonchev–Trinajstić information content (AvgIpc) is 2.84. The number of hydrogen-bond donors (Lipinski definition) is 2. The standard InChI is InChI=1S/C27H34N6O3/c1-17-18(2)23(11-10-21(17)28)35-24-20(9-6-13-29-24)22-12-14-30-25(32-22)31-19-8-7-15-33(16-19)26(34)36-27(3,4)5/h6,9-14,19H,7-8,15-16,28H2,1-5H3,(H,30,31,32). The van der Waals surface area contributed by atoms with Gasteiger partial charge in [-0.1, -0.05) is 0 Å². The van der Waals surface area contributed by atoms with E-state index in [0.29, 0.717) is 36.4 Å². The molecule has 1 amide bonds. The highest BCUT2D eigenvalue weighted by molar-refractivity contribution is 5.69. The van der Waals surface area contributed by atoms with Crippen molar-refractivity contribution >= 4 is 17.7 Å². The molecule has 1 saturated heterocycles. The zero-order valence-electron chi connectivity index (χ0n) is 21.5. The van der Waals surface area contributed by atoms with Crippen LogP contribution in [0.15, 0.2) is 42.7 Å². The number of amides is 1. The molecule has 0 spiro atoms. The number of pyridine rings is 1. The van der Waals surface area contributed by atoms with Crippen LogP contribution < -0.4 is 15.8 Å². The molecular formula is C27H34N6O3. The van der Waals surface area contributed by atoms with Gasteiger partial charge < -0.3 is 25.4 Å². The molecule has 0 aliphatic carbocycles. The molecule has 4 rings (SSSR count). The Morgan fingerprint density at radius 3 is 2.69 bits per heavy atom. The van der Waals surface area contributed by atoms with Crippen LogP contribution in [0.1, 0.15) is 44.7 Å². The van der Waals surface area contributed by atoms with Gasteiger partial charge in [0.15, 0.2) is 0 Å². The number of hydrogen-bond acceptors (Lipinski definition) is 8. The first-order chi connectivity index (χ1) is 17.1. The number of rotatable bonds is 5. The summed E-state index contributed by atoms with van der Waals surface area (Å²) in [5, 5.41) is 3.38. The van der Waals surface area contributed by atoms with Crippen LogP contribution >= 0.6 is 0 Å². The Morgan fingerprint density at radius 1 is 1.11 bits per heavy atom. The van der Waals surface area contributed by atoms with E-state index in [1.165, 1.54) is 0 Å². The maximum Gasteiger partial charge on any atom is 0.410 e. The lowest BCUT2D eigenvalue weighted by molar-refractivity contribution is 0.0206. The second kappa shape index (κ2) is 10.4. The minimum absolute atomic E-state index is 0.0199. The van der Waals surface area contributed by atoms with E-state index in [4.69, 9.17) is 20.2 Å². The van der Waals surface area contributed by atoms with Crippen molar-refractivity contribution in [3.8, 4) is 22.9 Å². The lowest BCUT2D eigenvalue weighted by Gasteiger charge is -2.34. The Bertz CT molecular complexity index is 1240. The molecule has 0 radical (unpaired) electrons. The third kappa shape index (κ3) is 6.02. The Labute approximate surface area is 212 Å². The molecule has 0 bridgehead atoms. The fourth-order valence-electron chi connectivity index (χ4n) is 4.05. The van der Waals surface area contributed by atoms with Crippen LogP contribution in [0.25, 0.3) is 11.3 Å². The zero-order valence-corrected chi connectivity index (χ0v) is 21.5. The minimum Gasteiger partial charge on any atom is -0.444 e. The number of piperidine rings is 1. The molecule has 1 aliphatic rings. The van der Waals surface area contributed by atoms with Crippen molar-refractivity contribution in [1.29, 1.82) is 0 Å². The first-order valence-corrected chi connectivity index (χ1v) is 12.2. The molecule has 3 N–H and O–H groups in total. The molecule has 0 saturated carbocycles. The van der Waals surface area contributed by atoms with E-state index in [2.05, 4.69) is 15.3 Å². The van der Waals surface area contributed by atoms with Gasteiger partial charge in [-0.3, -0.25) is 0 Å². The maximum atomic E-state index is 12.5. The summed E-state index contributed by atoms with van der Waals surface area (Å²) >= 11 is 0. The largest absolute Gasteiger partial charge is 0.444 e.